The SMILES string of the molecule is CCCc1c(Cc2ccc(-c3ccccc3-c3noc(=O)[nH]3)cc2)c(=O)n([C@H]2CC[C@H](OC(C)C(C)(C)CO)CC2)c2ncnn12. The van der Waals surface area contributed by atoms with Gasteiger partial charge in [-0.3, -0.25) is 18.9 Å². The van der Waals surface area contributed by atoms with Gasteiger partial charge in [-0.1, -0.05) is 80.9 Å². The van der Waals surface area contributed by atoms with Crippen molar-refractivity contribution in [3.63, 3.8) is 0 Å². The summed E-state index contributed by atoms with van der Waals surface area (Å²) in [5, 5.41) is 18.2. The zero-order valence-electron chi connectivity index (χ0n) is 26.9. The summed E-state index contributed by atoms with van der Waals surface area (Å²) >= 11 is 0. The van der Waals surface area contributed by atoms with E-state index < -0.39 is 5.76 Å². The highest BCUT2D eigenvalue weighted by molar-refractivity contribution is 5.80. The Bertz CT molecular complexity index is 1910. The van der Waals surface area contributed by atoms with Gasteiger partial charge in [0.1, 0.15) is 6.33 Å². The molecule has 1 aliphatic rings. The van der Waals surface area contributed by atoms with Crippen LogP contribution < -0.4 is 11.3 Å². The summed E-state index contributed by atoms with van der Waals surface area (Å²) in [6.07, 6.45) is 6.88. The van der Waals surface area contributed by atoms with E-state index in [1.165, 1.54) is 6.33 Å². The third kappa shape index (κ3) is 6.21. The van der Waals surface area contributed by atoms with Crippen molar-refractivity contribution in [2.45, 2.75) is 90.9 Å². The molecule has 0 amide bonds. The maximum Gasteiger partial charge on any atom is 0.439 e. The van der Waals surface area contributed by atoms with Crippen molar-refractivity contribution < 1.29 is 14.4 Å². The quantitative estimate of drug-likeness (QED) is 0.200. The highest BCUT2D eigenvalue weighted by Crippen LogP contribution is 2.34. The van der Waals surface area contributed by atoms with E-state index in [4.69, 9.17) is 9.26 Å². The largest absolute Gasteiger partial charge is 0.439 e. The van der Waals surface area contributed by atoms with Gasteiger partial charge in [0.25, 0.3) is 5.56 Å². The number of aromatic nitrogens is 6. The summed E-state index contributed by atoms with van der Waals surface area (Å²) in [6, 6.07) is 15.8. The molecule has 6 rings (SSSR count). The molecule has 0 bridgehead atoms. The number of H-pyrrole nitrogens is 1. The van der Waals surface area contributed by atoms with Crippen molar-refractivity contribution in [1.29, 1.82) is 0 Å². The maximum absolute atomic E-state index is 14.4. The number of fused-ring (bicyclic) bond motifs is 1. The third-order valence-electron chi connectivity index (χ3n) is 9.49. The number of aliphatic hydroxyl groups is 1. The molecule has 1 aliphatic carbocycles. The average Bonchev–Trinajstić information content (AvgIpc) is 3.73. The normalized spacial score (nSPS) is 17.8. The number of nitrogens with zero attached hydrogens (tertiary/aromatic N) is 5. The molecular weight excluding hydrogens is 584 g/mol. The second-order valence-corrected chi connectivity index (χ2v) is 13.0. The first kappa shape index (κ1) is 31.6. The second kappa shape index (κ2) is 13.2. The van der Waals surface area contributed by atoms with E-state index in [-0.39, 0.29) is 35.8 Å². The van der Waals surface area contributed by atoms with Crippen molar-refractivity contribution in [3.8, 4) is 22.5 Å². The Hall–Kier alpha value is -4.35. The molecule has 2 aromatic carbocycles. The molecule has 0 aliphatic heterocycles. The van der Waals surface area contributed by atoms with E-state index in [0.29, 0.717) is 24.4 Å². The number of benzene rings is 2. The topological polar surface area (TPSA) is 141 Å². The third-order valence-corrected chi connectivity index (χ3v) is 9.49. The summed E-state index contributed by atoms with van der Waals surface area (Å²) in [5.41, 5.74) is 4.95. The fourth-order valence-corrected chi connectivity index (χ4v) is 6.41. The van der Waals surface area contributed by atoms with Crippen molar-refractivity contribution in [2.75, 3.05) is 6.61 Å². The van der Waals surface area contributed by atoms with Crippen LogP contribution in [-0.4, -0.2) is 53.2 Å². The molecule has 3 heterocycles. The van der Waals surface area contributed by atoms with Crippen LogP contribution >= 0.6 is 0 Å². The molecule has 3 aromatic heterocycles. The number of aliphatic hydroxyl groups excluding tert-OH is 1. The van der Waals surface area contributed by atoms with Crippen molar-refractivity contribution in [1.82, 2.24) is 29.3 Å². The molecule has 0 radical (unpaired) electrons. The van der Waals surface area contributed by atoms with Crippen molar-refractivity contribution >= 4 is 5.78 Å². The van der Waals surface area contributed by atoms with Crippen LogP contribution in [0.3, 0.4) is 0 Å². The molecule has 0 spiro atoms. The first-order valence-electron chi connectivity index (χ1n) is 16.2. The predicted molar refractivity (Wildman–Crippen MR) is 175 cm³/mol. The minimum absolute atomic E-state index is 0.00326. The van der Waals surface area contributed by atoms with Crippen LogP contribution in [0, 0.1) is 5.41 Å². The molecule has 1 unspecified atom stereocenters. The summed E-state index contributed by atoms with van der Waals surface area (Å²) in [4.78, 5) is 33.2. The zero-order valence-corrected chi connectivity index (χ0v) is 26.9. The molecule has 2 N–H and O–H groups in total. The van der Waals surface area contributed by atoms with E-state index in [1.54, 1.807) is 0 Å². The number of rotatable bonds is 11. The van der Waals surface area contributed by atoms with Gasteiger partial charge in [-0.15, -0.1) is 0 Å². The summed E-state index contributed by atoms with van der Waals surface area (Å²) in [5.74, 6) is 0.366. The van der Waals surface area contributed by atoms with Crippen LogP contribution in [0.2, 0.25) is 0 Å². The summed E-state index contributed by atoms with van der Waals surface area (Å²) < 4.78 is 14.8. The van der Waals surface area contributed by atoms with Crippen molar-refractivity contribution in [2.24, 2.45) is 5.41 Å². The number of hydrogen-bond acceptors (Lipinski definition) is 8. The van der Waals surface area contributed by atoms with E-state index in [9.17, 15) is 14.7 Å². The fourth-order valence-electron chi connectivity index (χ4n) is 6.41. The Kier molecular flexibility index (Phi) is 9.06. The Balaban J connectivity index is 1.29. The first-order chi connectivity index (χ1) is 22.2. The summed E-state index contributed by atoms with van der Waals surface area (Å²) in [7, 11) is 0. The van der Waals surface area contributed by atoms with Crippen LogP contribution in [0.4, 0.5) is 0 Å². The lowest BCUT2D eigenvalue weighted by Gasteiger charge is -2.36. The number of aromatic amines is 1. The molecule has 46 heavy (non-hydrogen) atoms. The monoisotopic (exact) mass is 626 g/mol. The lowest BCUT2D eigenvalue weighted by molar-refractivity contribution is -0.0910. The maximum atomic E-state index is 14.4. The van der Waals surface area contributed by atoms with Crippen LogP contribution in [0.1, 0.15) is 82.7 Å². The predicted octanol–water partition coefficient (Wildman–Crippen LogP) is 5.35. The standard InChI is InChI=1S/C35H42N6O5/c1-5-8-30-29(19-23-11-13-24(14-12-23)27-9-6-7-10-28(27)31-38-34(44)46-39-31)32(43)40(33-36-21-37-41(30)33)25-15-17-26(18-16-25)45-22(2)35(3,4)20-42/h6-7,9-14,21-22,25-26,42H,5,8,15-20H2,1-4H3,(H,38,39,44)/t22?,25-,26-. The minimum atomic E-state index is -0.601. The Morgan fingerprint density at radius 1 is 1.07 bits per heavy atom. The number of ether oxygens (including phenoxy) is 1. The van der Waals surface area contributed by atoms with Crippen LogP contribution in [-0.2, 0) is 17.6 Å². The lowest BCUT2D eigenvalue weighted by Crippen LogP contribution is -2.38. The minimum Gasteiger partial charge on any atom is -0.396 e. The molecule has 11 nitrogen and oxygen atoms in total. The van der Waals surface area contributed by atoms with Gasteiger partial charge >= 0.3 is 5.76 Å². The van der Waals surface area contributed by atoms with Gasteiger partial charge in [0, 0.05) is 29.0 Å². The van der Waals surface area contributed by atoms with Crippen LogP contribution in [0.5, 0.6) is 0 Å². The van der Waals surface area contributed by atoms with Crippen molar-refractivity contribution in [3.05, 3.63) is 92.6 Å². The van der Waals surface area contributed by atoms with E-state index in [1.807, 2.05) is 78.4 Å². The second-order valence-electron chi connectivity index (χ2n) is 13.0. The number of aryl methyl sites for hydroxylation is 1. The van der Waals surface area contributed by atoms with Crippen LogP contribution in [0.15, 0.2) is 69.0 Å². The highest BCUT2D eigenvalue weighted by Gasteiger charge is 2.32. The molecule has 1 fully saturated rings. The Morgan fingerprint density at radius 3 is 2.43 bits per heavy atom. The molecular formula is C35H42N6O5. The molecule has 1 saturated carbocycles. The molecule has 0 saturated heterocycles. The Morgan fingerprint density at radius 2 is 1.78 bits per heavy atom. The van der Waals surface area contributed by atoms with Crippen LogP contribution in [0.25, 0.3) is 28.3 Å². The van der Waals surface area contributed by atoms with Gasteiger partial charge in [-0.2, -0.15) is 10.1 Å². The highest BCUT2D eigenvalue weighted by atomic mass is 16.5. The van der Waals surface area contributed by atoms with Gasteiger partial charge in [-0.25, -0.2) is 9.31 Å². The lowest BCUT2D eigenvalue weighted by atomic mass is 9.87. The zero-order chi connectivity index (χ0) is 32.4. The molecule has 11 heteroatoms. The number of nitrogens with one attached hydrogen (secondary N) is 1. The molecule has 242 valence electrons. The van der Waals surface area contributed by atoms with Gasteiger partial charge in [0.15, 0.2) is 5.82 Å². The molecule has 5 aromatic rings. The van der Waals surface area contributed by atoms with E-state index >= 15 is 0 Å². The van der Waals surface area contributed by atoms with Gasteiger partial charge in [0.2, 0.25) is 5.78 Å². The molecule has 1 atom stereocenters. The average molecular weight is 627 g/mol. The summed E-state index contributed by atoms with van der Waals surface area (Å²) in [6.45, 7) is 8.22. The van der Waals surface area contributed by atoms with Gasteiger partial charge in [-0.05, 0) is 55.7 Å². The number of hydrogen-bond donors (Lipinski definition) is 2. The van der Waals surface area contributed by atoms with E-state index in [2.05, 4.69) is 27.1 Å². The fraction of sp³-hybridized carbons (Fsp3) is 0.457. The van der Waals surface area contributed by atoms with Gasteiger partial charge < -0.3 is 9.84 Å². The van der Waals surface area contributed by atoms with E-state index in [0.717, 1.165) is 65.6 Å². The van der Waals surface area contributed by atoms with Gasteiger partial charge in [0.05, 0.1) is 24.5 Å². The first-order valence-corrected chi connectivity index (χ1v) is 16.2. The smallest absolute Gasteiger partial charge is 0.396 e. The Labute approximate surface area is 267 Å².